The molecule has 28 heavy (non-hydrogen) atoms. The SMILES string of the molecule is CCOC1CC(NC(=NC)NCCc2nnc3ccccn23)C12CCCC2.I. The van der Waals surface area contributed by atoms with Gasteiger partial charge in [0.2, 0.25) is 0 Å². The molecule has 1 spiro atoms. The number of aromatic nitrogens is 3. The first-order valence-corrected chi connectivity index (χ1v) is 10.1. The van der Waals surface area contributed by atoms with Crippen LogP contribution in [0.2, 0.25) is 0 Å². The van der Waals surface area contributed by atoms with Crippen LogP contribution in [0, 0.1) is 5.41 Å². The Bertz CT molecular complexity index is 801. The van der Waals surface area contributed by atoms with Crippen molar-refractivity contribution in [2.45, 2.75) is 57.6 Å². The number of nitrogens with one attached hydrogen (secondary N) is 2. The third kappa shape index (κ3) is 3.98. The third-order valence-corrected chi connectivity index (χ3v) is 6.25. The summed E-state index contributed by atoms with van der Waals surface area (Å²) in [7, 11) is 1.84. The van der Waals surface area contributed by atoms with Crippen molar-refractivity contribution in [2.75, 3.05) is 20.2 Å². The van der Waals surface area contributed by atoms with Gasteiger partial charge in [-0.3, -0.25) is 9.39 Å². The number of guanidine groups is 1. The van der Waals surface area contributed by atoms with Gasteiger partial charge in [0.15, 0.2) is 11.6 Å². The summed E-state index contributed by atoms with van der Waals surface area (Å²) in [6, 6.07) is 6.40. The monoisotopic (exact) mass is 498 g/mol. The van der Waals surface area contributed by atoms with Gasteiger partial charge in [-0.1, -0.05) is 18.9 Å². The maximum Gasteiger partial charge on any atom is 0.191 e. The van der Waals surface area contributed by atoms with E-state index in [1.807, 2.05) is 35.8 Å². The number of rotatable bonds is 6. The Hall–Kier alpha value is -1.42. The maximum atomic E-state index is 6.01. The number of nitrogens with zero attached hydrogens (tertiary/aromatic N) is 4. The minimum Gasteiger partial charge on any atom is -0.378 e. The van der Waals surface area contributed by atoms with Crippen LogP contribution in [0.4, 0.5) is 0 Å². The predicted octanol–water partition coefficient (Wildman–Crippen LogP) is 2.79. The van der Waals surface area contributed by atoms with Crippen LogP contribution < -0.4 is 10.6 Å². The van der Waals surface area contributed by atoms with Crippen molar-refractivity contribution >= 4 is 35.6 Å². The molecule has 0 radical (unpaired) electrons. The molecule has 4 rings (SSSR count). The lowest BCUT2D eigenvalue weighted by Gasteiger charge is -2.54. The standard InChI is InChI=1S/C20H30N6O.HI/c1-3-27-16-14-15(20(16)10-5-6-11-20)23-19(21-2)22-12-9-18-25-24-17-8-4-7-13-26(17)18;/h4,7-8,13,15-16H,3,5-6,9-12,14H2,1-2H3,(H2,21,22,23);1H. The Labute approximate surface area is 183 Å². The highest BCUT2D eigenvalue weighted by atomic mass is 127. The number of halogens is 1. The lowest BCUT2D eigenvalue weighted by atomic mass is 9.60. The smallest absolute Gasteiger partial charge is 0.191 e. The summed E-state index contributed by atoms with van der Waals surface area (Å²) in [5, 5.41) is 15.6. The molecule has 2 saturated carbocycles. The quantitative estimate of drug-likeness (QED) is 0.364. The van der Waals surface area contributed by atoms with Crippen LogP contribution >= 0.6 is 24.0 Å². The fourth-order valence-electron chi connectivity index (χ4n) is 4.80. The molecule has 2 N–H and O–H groups in total. The Morgan fingerprint density at radius 2 is 2.14 bits per heavy atom. The van der Waals surface area contributed by atoms with Gasteiger partial charge in [-0.15, -0.1) is 34.2 Å². The fourth-order valence-corrected chi connectivity index (χ4v) is 4.80. The van der Waals surface area contributed by atoms with Gasteiger partial charge in [-0.25, -0.2) is 0 Å². The molecule has 2 atom stereocenters. The van der Waals surface area contributed by atoms with E-state index in [-0.39, 0.29) is 24.0 Å². The van der Waals surface area contributed by atoms with Gasteiger partial charge in [0.05, 0.1) is 6.10 Å². The molecule has 0 amide bonds. The summed E-state index contributed by atoms with van der Waals surface area (Å²) in [6.45, 7) is 3.67. The summed E-state index contributed by atoms with van der Waals surface area (Å²) in [5.74, 6) is 1.83. The summed E-state index contributed by atoms with van der Waals surface area (Å²) < 4.78 is 8.05. The highest BCUT2D eigenvalue weighted by molar-refractivity contribution is 14.0. The molecule has 2 unspecified atom stereocenters. The van der Waals surface area contributed by atoms with Crippen molar-refractivity contribution in [2.24, 2.45) is 10.4 Å². The average molecular weight is 498 g/mol. The summed E-state index contributed by atoms with van der Waals surface area (Å²) >= 11 is 0. The van der Waals surface area contributed by atoms with E-state index >= 15 is 0 Å². The number of ether oxygens (including phenoxy) is 1. The fraction of sp³-hybridized carbons (Fsp3) is 0.650. The molecule has 2 heterocycles. The van der Waals surface area contributed by atoms with E-state index in [2.05, 4.69) is 32.7 Å². The van der Waals surface area contributed by atoms with E-state index in [9.17, 15) is 0 Å². The Morgan fingerprint density at radius 1 is 1.32 bits per heavy atom. The molecular formula is C20H31IN6O. The zero-order valence-electron chi connectivity index (χ0n) is 16.7. The van der Waals surface area contributed by atoms with Gasteiger partial charge < -0.3 is 15.4 Å². The number of fused-ring (bicyclic) bond motifs is 1. The number of aliphatic imine (C=N–C) groups is 1. The molecule has 2 aromatic heterocycles. The molecule has 7 nitrogen and oxygen atoms in total. The second kappa shape index (κ2) is 9.39. The second-order valence-corrected chi connectivity index (χ2v) is 7.61. The van der Waals surface area contributed by atoms with Gasteiger partial charge in [-0.05, 0) is 38.3 Å². The average Bonchev–Trinajstić information content (AvgIpc) is 3.35. The molecule has 0 bridgehead atoms. The molecule has 154 valence electrons. The van der Waals surface area contributed by atoms with Crippen molar-refractivity contribution in [1.82, 2.24) is 25.2 Å². The Balaban J connectivity index is 0.00000225. The molecule has 2 aromatic rings. The van der Waals surface area contributed by atoms with E-state index in [1.165, 1.54) is 25.7 Å². The minimum atomic E-state index is 0. The Kier molecular flexibility index (Phi) is 7.14. The molecule has 2 aliphatic rings. The highest BCUT2D eigenvalue weighted by Gasteiger charge is 2.56. The normalized spacial score (nSPS) is 23.4. The van der Waals surface area contributed by atoms with E-state index in [1.54, 1.807) is 0 Å². The van der Waals surface area contributed by atoms with Gasteiger partial charge in [-0.2, -0.15) is 0 Å². The summed E-state index contributed by atoms with van der Waals surface area (Å²) in [6.07, 6.45) is 9.43. The van der Waals surface area contributed by atoms with Gasteiger partial charge in [0, 0.05) is 44.3 Å². The number of hydrogen-bond acceptors (Lipinski definition) is 4. The molecule has 0 aliphatic heterocycles. The van der Waals surface area contributed by atoms with Crippen LogP contribution in [0.1, 0.15) is 44.9 Å². The van der Waals surface area contributed by atoms with Crippen molar-refractivity contribution in [3.8, 4) is 0 Å². The maximum absolute atomic E-state index is 6.01. The van der Waals surface area contributed by atoms with Crippen LogP contribution in [0.3, 0.4) is 0 Å². The first-order chi connectivity index (χ1) is 13.3. The van der Waals surface area contributed by atoms with Crippen molar-refractivity contribution in [3.63, 3.8) is 0 Å². The Morgan fingerprint density at radius 3 is 2.89 bits per heavy atom. The predicted molar refractivity (Wildman–Crippen MR) is 121 cm³/mol. The van der Waals surface area contributed by atoms with Gasteiger partial charge in [0.1, 0.15) is 5.82 Å². The minimum absolute atomic E-state index is 0. The van der Waals surface area contributed by atoms with Crippen LogP contribution in [-0.2, 0) is 11.2 Å². The van der Waals surface area contributed by atoms with E-state index in [0.29, 0.717) is 17.6 Å². The lowest BCUT2D eigenvalue weighted by Crippen LogP contribution is -2.65. The third-order valence-electron chi connectivity index (χ3n) is 6.25. The van der Waals surface area contributed by atoms with Crippen molar-refractivity contribution < 1.29 is 4.74 Å². The zero-order valence-corrected chi connectivity index (χ0v) is 19.1. The summed E-state index contributed by atoms with van der Waals surface area (Å²) in [5.41, 5.74) is 1.19. The van der Waals surface area contributed by atoms with Gasteiger partial charge in [0.25, 0.3) is 0 Å². The van der Waals surface area contributed by atoms with E-state index < -0.39 is 0 Å². The van der Waals surface area contributed by atoms with Crippen molar-refractivity contribution in [3.05, 3.63) is 30.2 Å². The molecule has 0 saturated heterocycles. The molecular weight excluding hydrogens is 467 g/mol. The number of hydrogen-bond donors (Lipinski definition) is 2. The lowest BCUT2D eigenvalue weighted by molar-refractivity contribution is -0.125. The van der Waals surface area contributed by atoms with Gasteiger partial charge >= 0.3 is 0 Å². The largest absolute Gasteiger partial charge is 0.378 e. The molecule has 2 fully saturated rings. The van der Waals surface area contributed by atoms with E-state index in [0.717, 1.165) is 43.4 Å². The van der Waals surface area contributed by atoms with Crippen LogP contribution in [0.25, 0.3) is 5.65 Å². The van der Waals surface area contributed by atoms with Crippen molar-refractivity contribution in [1.29, 1.82) is 0 Å². The highest BCUT2D eigenvalue weighted by Crippen LogP contribution is 2.54. The zero-order chi connectivity index (χ0) is 18.7. The molecule has 2 aliphatic carbocycles. The van der Waals surface area contributed by atoms with Crippen LogP contribution in [0.15, 0.2) is 29.4 Å². The van der Waals surface area contributed by atoms with Crippen LogP contribution in [0.5, 0.6) is 0 Å². The topological polar surface area (TPSA) is 75.8 Å². The van der Waals surface area contributed by atoms with Crippen LogP contribution in [-0.4, -0.2) is 52.9 Å². The van der Waals surface area contributed by atoms with E-state index in [4.69, 9.17) is 4.74 Å². The molecule has 0 aromatic carbocycles. The first-order valence-electron chi connectivity index (χ1n) is 10.1. The first kappa shape index (κ1) is 21.3. The number of pyridine rings is 1. The molecule has 8 heteroatoms. The summed E-state index contributed by atoms with van der Waals surface area (Å²) in [4.78, 5) is 4.43. The second-order valence-electron chi connectivity index (χ2n) is 7.61.